The van der Waals surface area contributed by atoms with E-state index in [1.807, 2.05) is 31.3 Å². The highest BCUT2D eigenvalue weighted by Gasteiger charge is 2.22. The number of benzene rings is 1. The van der Waals surface area contributed by atoms with Crippen LogP contribution in [0.15, 0.2) is 30.6 Å². The molecular weight excluding hydrogens is 348 g/mol. The monoisotopic (exact) mass is 368 g/mol. The first-order valence-electron chi connectivity index (χ1n) is 8.73. The Morgan fingerprint density at radius 3 is 3.12 bits per heavy atom. The Labute approximate surface area is 155 Å². The van der Waals surface area contributed by atoms with Crippen molar-refractivity contribution < 1.29 is 9.59 Å². The molecule has 0 atom stereocenters. The second-order valence-electron chi connectivity index (χ2n) is 6.40. The summed E-state index contributed by atoms with van der Waals surface area (Å²) in [6.07, 6.45) is 5.39. The van der Waals surface area contributed by atoms with Crippen LogP contribution in [-0.4, -0.2) is 34.5 Å². The minimum atomic E-state index is -0.0746. The molecule has 3 heterocycles. The summed E-state index contributed by atoms with van der Waals surface area (Å²) in [5.41, 5.74) is 1.71. The van der Waals surface area contributed by atoms with Gasteiger partial charge in [0.1, 0.15) is 5.82 Å². The van der Waals surface area contributed by atoms with Gasteiger partial charge in [0.05, 0.1) is 4.88 Å². The summed E-state index contributed by atoms with van der Waals surface area (Å²) in [6.45, 7) is 4.06. The molecule has 6 nitrogen and oxygen atoms in total. The minimum absolute atomic E-state index is 0.00625. The van der Waals surface area contributed by atoms with Gasteiger partial charge in [0, 0.05) is 42.3 Å². The van der Waals surface area contributed by atoms with Crippen LogP contribution in [0.1, 0.15) is 37.8 Å². The van der Waals surface area contributed by atoms with E-state index in [9.17, 15) is 9.59 Å². The number of aromatic nitrogens is 2. The van der Waals surface area contributed by atoms with Crippen molar-refractivity contribution in [3.05, 3.63) is 52.4 Å². The lowest BCUT2D eigenvalue weighted by molar-refractivity contribution is 0.0944. The van der Waals surface area contributed by atoms with Crippen molar-refractivity contribution in [2.24, 2.45) is 0 Å². The minimum Gasteiger partial charge on any atom is -0.352 e. The highest BCUT2D eigenvalue weighted by molar-refractivity contribution is 7.21. The van der Waals surface area contributed by atoms with Gasteiger partial charge < -0.3 is 15.2 Å². The summed E-state index contributed by atoms with van der Waals surface area (Å²) < 4.78 is 3.13. The van der Waals surface area contributed by atoms with Crippen LogP contribution in [0.5, 0.6) is 0 Å². The van der Waals surface area contributed by atoms with Crippen molar-refractivity contribution >= 4 is 33.2 Å². The van der Waals surface area contributed by atoms with Crippen molar-refractivity contribution in [2.75, 3.05) is 13.1 Å². The summed E-state index contributed by atoms with van der Waals surface area (Å²) in [5, 5.41) is 6.88. The zero-order chi connectivity index (χ0) is 18.1. The van der Waals surface area contributed by atoms with Gasteiger partial charge in [-0.05, 0) is 48.9 Å². The average Bonchev–Trinajstić information content (AvgIpc) is 3.22. The van der Waals surface area contributed by atoms with Gasteiger partial charge in [0.25, 0.3) is 11.8 Å². The zero-order valence-corrected chi connectivity index (χ0v) is 15.4. The molecule has 1 aliphatic rings. The number of hydrogen-bond acceptors (Lipinski definition) is 4. The van der Waals surface area contributed by atoms with Crippen LogP contribution in [0, 0.1) is 6.92 Å². The normalized spacial score (nSPS) is 13.5. The van der Waals surface area contributed by atoms with Crippen LogP contribution in [0.4, 0.5) is 0 Å². The fourth-order valence-electron chi connectivity index (χ4n) is 3.30. The van der Waals surface area contributed by atoms with E-state index in [4.69, 9.17) is 0 Å². The lowest BCUT2D eigenvalue weighted by Gasteiger charge is -2.12. The lowest BCUT2D eigenvalue weighted by Crippen LogP contribution is -2.30. The van der Waals surface area contributed by atoms with Gasteiger partial charge in [0.2, 0.25) is 0 Å². The molecule has 134 valence electrons. The van der Waals surface area contributed by atoms with E-state index in [-0.39, 0.29) is 11.8 Å². The third-order valence-corrected chi connectivity index (χ3v) is 5.92. The molecule has 7 heteroatoms. The molecule has 3 aromatic rings. The Hall–Kier alpha value is -2.67. The Bertz CT molecular complexity index is 989. The standard InChI is InChI=1S/C19H20N4O2S/c1-12-20-8-10-23(12)9-2-6-21-18(24)13-3-4-16-15(11-13)14-5-7-22-19(25)17(14)26-16/h3-4,8,10-11H,2,5-7,9H2,1H3,(H,21,24)(H,22,25). The maximum Gasteiger partial charge on any atom is 0.261 e. The number of imidazole rings is 1. The summed E-state index contributed by atoms with van der Waals surface area (Å²) in [5.74, 6) is 0.899. The molecule has 2 N–H and O–H groups in total. The number of nitrogens with zero attached hydrogens (tertiary/aromatic N) is 2. The number of hydrogen-bond donors (Lipinski definition) is 2. The zero-order valence-electron chi connectivity index (χ0n) is 14.5. The van der Waals surface area contributed by atoms with Crippen LogP contribution in [0.3, 0.4) is 0 Å². The maximum absolute atomic E-state index is 12.5. The quantitative estimate of drug-likeness (QED) is 0.680. The highest BCUT2D eigenvalue weighted by Crippen LogP contribution is 2.33. The van der Waals surface area contributed by atoms with Gasteiger partial charge in [-0.25, -0.2) is 4.98 Å². The van der Waals surface area contributed by atoms with E-state index in [1.165, 1.54) is 11.3 Å². The third kappa shape index (κ3) is 3.10. The van der Waals surface area contributed by atoms with Crippen molar-refractivity contribution in [1.29, 1.82) is 0 Å². The van der Waals surface area contributed by atoms with Gasteiger partial charge in [-0.2, -0.15) is 0 Å². The molecule has 1 aromatic carbocycles. The molecule has 0 spiro atoms. The predicted octanol–water partition coefficient (Wildman–Crippen LogP) is 2.51. The van der Waals surface area contributed by atoms with Crippen molar-refractivity contribution in [1.82, 2.24) is 20.2 Å². The molecular formula is C19H20N4O2S. The molecule has 0 saturated heterocycles. The SMILES string of the molecule is Cc1nccn1CCCNC(=O)c1ccc2sc3c(c2c1)CCNC3=O. The van der Waals surface area contributed by atoms with E-state index in [1.54, 1.807) is 6.20 Å². The first-order valence-corrected chi connectivity index (χ1v) is 9.54. The molecule has 2 aromatic heterocycles. The first kappa shape index (κ1) is 16.8. The fraction of sp³-hybridized carbons (Fsp3) is 0.316. The smallest absolute Gasteiger partial charge is 0.261 e. The summed E-state index contributed by atoms with van der Waals surface area (Å²) in [6, 6.07) is 5.69. The van der Waals surface area contributed by atoms with Gasteiger partial charge in [0.15, 0.2) is 0 Å². The Morgan fingerprint density at radius 2 is 2.31 bits per heavy atom. The average molecular weight is 368 g/mol. The molecule has 0 aliphatic carbocycles. The van der Waals surface area contributed by atoms with E-state index in [2.05, 4.69) is 20.2 Å². The third-order valence-electron chi connectivity index (χ3n) is 4.70. The predicted molar refractivity (Wildman–Crippen MR) is 102 cm³/mol. The number of nitrogens with one attached hydrogen (secondary N) is 2. The van der Waals surface area contributed by atoms with E-state index in [0.29, 0.717) is 18.7 Å². The topological polar surface area (TPSA) is 76.0 Å². The van der Waals surface area contributed by atoms with Gasteiger partial charge >= 0.3 is 0 Å². The molecule has 0 saturated carbocycles. The van der Waals surface area contributed by atoms with E-state index < -0.39 is 0 Å². The Morgan fingerprint density at radius 1 is 1.42 bits per heavy atom. The number of thiophene rings is 1. The van der Waals surface area contributed by atoms with Crippen LogP contribution in [0.2, 0.25) is 0 Å². The van der Waals surface area contributed by atoms with Gasteiger partial charge in [-0.3, -0.25) is 9.59 Å². The Kier molecular flexibility index (Phi) is 4.46. The number of carbonyl (C=O) groups is 2. The fourth-order valence-corrected chi connectivity index (χ4v) is 4.44. The largest absolute Gasteiger partial charge is 0.352 e. The van der Waals surface area contributed by atoms with Crippen LogP contribution in [-0.2, 0) is 13.0 Å². The van der Waals surface area contributed by atoms with Gasteiger partial charge in [-0.15, -0.1) is 11.3 Å². The van der Waals surface area contributed by atoms with Crippen molar-refractivity contribution in [2.45, 2.75) is 26.3 Å². The first-order chi connectivity index (χ1) is 12.6. The number of aryl methyl sites for hydroxylation is 2. The van der Waals surface area contributed by atoms with Gasteiger partial charge in [-0.1, -0.05) is 0 Å². The van der Waals surface area contributed by atoms with Crippen LogP contribution in [0.25, 0.3) is 10.1 Å². The molecule has 0 unspecified atom stereocenters. The number of rotatable bonds is 5. The maximum atomic E-state index is 12.5. The lowest BCUT2D eigenvalue weighted by atomic mass is 10.0. The second-order valence-corrected chi connectivity index (χ2v) is 7.46. The number of fused-ring (bicyclic) bond motifs is 3. The molecule has 1 aliphatic heterocycles. The summed E-state index contributed by atoms with van der Waals surface area (Å²) in [4.78, 5) is 29.4. The number of amides is 2. The Balaban J connectivity index is 1.43. The van der Waals surface area contributed by atoms with Crippen molar-refractivity contribution in [3.63, 3.8) is 0 Å². The number of carbonyl (C=O) groups excluding carboxylic acids is 2. The molecule has 0 bridgehead atoms. The molecule has 0 radical (unpaired) electrons. The van der Waals surface area contributed by atoms with Crippen molar-refractivity contribution in [3.8, 4) is 0 Å². The van der Waals surface area contributed by atoms with Crippen LogP contribution >= 0.6 is 11.3 Å². The van der Waals surface area contributed by atoms with E-state index >= 15 is 0 Å². The highest BCUT2D eigenvalue weighted by atomic mass is 32.1. The van der Waals surface area contributed by atoms with E-state index in [0.717, 1.165) is 45.7 Å². The molecule has 26 heavy (non-hydrogen) atoms. The summed E-state index contributed by atoms with van der Waals surface area (Å²) >= 11 is 1.50. The summed E-state index contributed by atoms with van der Waals surface area (Å²) in [7, 11) is 0. The molecule has 4 rings (SSSR count). The van der Waals surface area contributed by atoms with Crippen LogP contribution < -0.4 is 10.6 Å². The molecule has 2 amide bonds. The second kappa shape index (κ2) is 6.92. The molecule has 0 fully saturated rings.